The lowest BCUT2D eigenvalue weighted by Crippen LogP contribution is -2.52. The van der Waals surface area contributed by atoms with Crippen molar-refractivity contribution < 1.29 is 4.79 Å². The SMILES string of the molecule is CN1C(=S)N(C)C2C1NN=c1s/c(=C3\C(=O)Nc4ccccc43)c(=O)n12. The van der Waals surface area contributed by atoms with Crippen LogP contribution in [0.1, 0.15) is 11.7 Å². The number of likely N-dealkylation sites (N-methyl/N-ethyl adjacent to an activating group) is 2. The van der Waals surface area contributed by atoms with E-state index in [0.717, 1.165) is 11.3 Å². The molecule has 2 aromatic rings. The van der Waals surface area contributed by atoms with E-state index < -0.39 is 0 Å². The first kappa shape index (κ1) is 15.5. The van der Waals surface area contributed by atoms with Gasteiger partial charge < -0.3 is 15.1 Å². The van der Waals surface area contributed by atoms with Gasteiger partial charge in [0.2, 0.25) is 4.80 Å². The summed E-state index contributed by atoms with van der Waals surface area (Å²) in [5, 5.41) is 7.80. The average molecular weight is 386 g/mol. The van der Waals surface area contributed by atoms with Crippen LogP contribution in [0.5, 0.6) is 0 Å². The Hall–Kier alpha value is -2.72. The fourth-order valence-corrected chi connectivity index (χ4v) is 4.95. The molecule has 2 N–H and O–H groups in total. The smallest absolute Gasteiger partial charge is 0.273 e. The van der Waals surface area contributed by atoms with Crippen molar-refractivity contribution in [3.63, 3.8) is 0 Å². The quantitative estimate of drug-likeness (QED) is 0.576. The molecule has 1 aromatic carbocycles. The summed E-state index contributed by atoms with van der Waals surface area (Å²) < 4.78 is 2.01. The highest BCUT2D eigenvalue weighted by atomic mass is 32.1. The summed E-state index contributed by atoms with van der Waals surface area (Å²) in [6, 6.07) is 7.37. The summed E-state index contributed by atoms with van der Waals surface area (Å²) in [6.45, 7) is 0. The molecule has 132 valence electrons. The van der Waals surface area contributed by atoms with Crippen LogP contribution in [0.2, 0.25) is 0 Å². The number of aromatic nitrogens is 1. The Morgan fingerprint density at radius 2 is 1.96 bits per heavy atom. The van der Waals surface area contributed by atoms with Crippen molar-refractivity contribution in [2.24, 2.45) is 5.10 Å². The largest absolute Gasteiger partial charge is 0.328 e. The number of amides is 1. The molecule has 0 aliphatic carbocycles. The van der Waals surface area contributed by atoms with Gasteiger partial charge in [-0.05, 0) is 18.3 Å². The molecule has 1 amide bonds. The first-order valence-corrected chi connectivity index (χ1v) is 9.21. The lowest BCUT2D eigenvalue weighted by atomic mass is 10.1. The first-order valence-electron chi connectivity index (χ1n) is 7.98. The minimum absolute atomic E-state index is 0.225. The Bertz CT molecular complexity index is 1170. The molecule has 3 aliphatic rings. The first-order chi connectivity index (χ1) is 12.5. The number of carbonyl (C=O) groups excluding carboxylic acids is 1. The third-order valence-corrected chi connectivity index (χ3v) is 6.60. The number of rotatable bonds is 0. The minimum Gasteiger partial charge on any atom is -0.328 e. The van der Waals surface area contributed by atoms with Gasteiger partial charge in [-0.1, -0.05) is 29.5 Å². The van der Waals surface area contributed by atoms with E-state index in [0.29, 0.717) is 20.0 Å². The molecule has 1 saturated heterocycles. The number of anilines is 1. The Morgan fingerprint density at radius 1 is 1.19 bits per heavy atom. The highest BCUT2D eigenvalue weighted by Gasteiger charge is 2.44. The van der Waals surface area contributed by atoms with E-state index in [1.54, 1.807) is 4.57 Å². The number of nitrogens with zero attached hydrogens (tertiary/aromatic N) is 4. The summed E-state index contributed by atoms with van der Waals surface area (Å²) in [6.07, 6.45) is -0.535. The van der Waals surface area contributed by atoms with Gasteiger partial charge >= 0.3 is 0 Å². The van der Waals surface area contributed by atoms with Crippen LogP contribution in [0.25, 0.3) is 5.57 Å². The second-order valence-electron chi connectivity index (χ2n) is 6.37. The number of hydrogen-bond donors (Lipinski definition) is 2. The predicted molar refractivity (Wildman–Crippen MR) is 101 cm³/mol. The minimum atomic E-state index is -0.308. The molecule has 0 spiro atoms. The van der Waals surface area contributed by atoms with E-state index in [-0.39, 0.29) is 23.8 Å². The van der Waals surface area contributed by atoms with Crippen LogP contribution in [-0.2, 0) is 4.79 Å². The molecule has 0 radical (unpaired) electrons. The Balaban J connectivity index is 1.81. The van der Waals surface area contributed by atoms with Gasteiger partial charge in [0.25, 0.3) is 11.5 Å². The number of fused-ring (bicyclic) bond motifs is 4. The average Bonchev–Trinajstić information content (AvgIpc) is 3.21. The van der Waals surface area contributed by atoms with E-state index in [1.807, 2.05) is 48.2 Å². The monoisotopic (exact) mass is 386 g/mol. The number of carbonyl (C=O) groups is 1. The lowest BCUT2D eigenvalue weighted by molar-refractivity contribution is -0.110. The zero-order valence-electron chi connectivity index (χ0n) is 13.9. The van der Waals surface area contributed by atoms with Gasteiger partial charge in [0, 0.05) is 25.3 Å². The van der Waals surface area contributed by atoms with Crippen LogP contribution in [0, 0.1) is 0 Å². The van der Waals surface area contributed by atoms with Crippen molar-refractivity contribution in [1.29, 1.82) is 0 Å². The summed E-state index contributed by atoms with van der Waals surface area (Å²) in [7, 11) is 3.72. The van der Waals surface area contributed by atoms with E-state index >= 15 is 0 Å². The third kappa shape index (κ3) is 1.82. The molecule has 4 heterocycles. The highest BCUT2D eigenvalue weighted by Crippen LogP contribution is 2.30. The lowest BCUT2D eigenvalue weighted by Gasteiger charge is -2.28. The molecule has 2 unspecified atom stereocenters. The molecule has 26 heavy (non-hydrogen) atoms. The molecule has 1 fully saturated rings. The van der Waals surface area contributed by atoms with Gasteiger partial charge in [-0.2, -0.15) is 0 Å². The topological polar surface area (TPSA) is 82.0 Å². The zero-order valence-corrected chi connectivity index (χ0v) is 15.5. The molecule has 1 aromatic heterocycles. The number of para-hydroxylation sites is 1. The summed E-state index contributed by atoms with van der Waals surface area (Å²) in [5.74, 6) is -0.264. The maximum absolute atomic E-state index is 13.3. The molecule has 0 saturated carbocycles. The molecular weight excluding hydrogens is 372 g/mol. The van der Waals surface area contributed by atoms with Crippen molar-refractivity contribution in [2.75, 3.05) is 19.4 Å². The van der Waals surface area contributed by atoms with Crippen molar-refractivity contribution in [2.45, 2.75) is 12.3 Å². The normalized spacial score (nSPS) is 25.3. The zero-order chi connectivity index (χ0) is 18.2. The molecule has 5 rings (SSSR count). The second kappa shape index (κ2) is 5.15. The van der Waals surface area contributed by atoms with Crippen molar-refractivity contribution in [3.8, 4) is 0 Å². The molecule has 10 heteroatoms. The van der Waals surface area contributed by atoms with Gasteiger partial charge in [-0.15, -0.1) is 5.10 Å². The fraction of sp³-hybridized carbons (Fsp3) is 0.250. The number of thiocarbonyl (C=S) groups is 1. The van der Waals surface area contributed by atoms with Gasteiger partial charge in [0.05, 0.1) is 5.57 Å². The predicted octanol–water partition coefficient (Wildman–Crippen LogP) is -0.814. The molecule has 2 atom stereocenters. The van der Waals surface area contributed by atoms with Gasteiger partial charge in [0.1, 0.15) is 4.53 Å². The third-order valence-electron chi connectivity index (χ3n) is 4.97. The molecular formula is C16H14N6O2S2. The van der Waals surface area contributed by atoms with Gasteiger partial charge in [-0.25, -0.2) is 0 Å². The standard InChI is InChI=1S/C16H14N6O2S2/c1-20-11-13(21(2)16(20)25)22-14(24)10(26-15(22)19-18-11)9-7-5-3-4-6-8(7)17-12(9)23/h3-6,11,13,18H,1-2H3,(H,17,23)/b10-9-. The molecule has 0 bridgehead atoms. The van der Waals surface area contributed by atoms with Crippen LogP contribution in [-0.4, -0.2) is 45.6 Å². The Labute approximate surface area is 157 Å². The van der Waals surface area contributed by atoms with E-state index in [4.69, 9.17) is 12.2 Å². The van der Waals surface area contributed by atoms with Crippen molar-refractivity contribution >= 4 is 45.8 Å². The Morgan fingerprint density at radius 3 is 2.77 bits per heavy atom. The van der Waals surface area contributed by atoms with Crippen molar-refractivity contribution in [3.05, 3.63) is 49.5 Å². The van der Waals surface area contributed by atoms with Crippen LogP contribution in [0.4, 0.5) is 5.69 Å². The number of benzene rings is 1. The second-order valence-corrected chi connectivity index (χ2v) is 7.71. The van der Waals surface area contributed by atoms with Gasteiger partial charge in [-0.3, -0.25) is 19.6 Å². The van der Waals surface area contributed by atoms with Crippen molar-refractivity contribution in [1.82, 2.24) is 19.8 Å². The summed E-state index contributed by atoms with van der Waals surface area (Å²) in [5.41, 5.74) is 4.71. The van der Waals surface area contributed by atoms with Crippen LogP contribution in [0.15, 0.2) is 34.2 Å². The maximum Gasteiger partial charge on any atom is 0.273 e. The highest BCUT2D eigenvalue weighted by molar-refractivity contribution is 7.80. The fourth-order valence-electron chi connectivity index (χ4n) is 3.67. The van der Waals surface area contributed by atoms with Crippen LogP contribution >= 0.6 is 23.6 Å². The maximum atomic E-state index is 13.3. The summed E-state index contributed by atoms with van der Waals surface area (Å²) in [4.78, 5) is 30.0. The van der Waals surface area contributed by atoms with Crippen LogP contribution < -0.4 is 25.6 Å². The van der Waals surface area contributed by atoms with Crippen LogP contribution in [0.3, 0.4) is 0 Å². The number of hydrogen-bond acceptors (Lipinski definition) is 6. The Kier molecular flexibility index (Phi) is 3.07. The van der Waals surface area contributed by atoms with E-state index in [1.165, 1.54) is 11.3 Å². The molecule has 8 nitrogen and oxygen atoms in total. The number of thiazole rings is 1. The number of nitrogens with one attached hydrogen (secondary N) is 2. The van der Waals surface area contributed by atoms with E-state index in [2.05, 4.69) is 15.8 Å². The van der Waals surface area contributed by atoms with Gasteiger partial charge in [0.15, 0.2) is 17.4 Å². The summed E-state index contributed by atoms with van der Waals surface area (Å²) >= 11 is 6.64. The van der Waals surface area contributed by atoms with E-state index in [9.17, 15) is 9.59 Å². The molecule has 3 aliphatic heterocycles.